The first-order chi connectivity index (χ1) is 15.1. The van der Waals surface area contributed by atoms with Crippen molar-refractivity contribution in [2.24, 2.45) is 0 Å². The van der Waals surface area contributed by atoms with E-state index in [-0.39, 0.29) is 34.3 Å². The first kappa shape index (κ1) is 22.0. The third-order valence-corrected chi connectivity index (χ3v) is 6.09. The van der Waals surface area contributed by atoms with Gasteiger partial charge in [0.2, 0.25) is 5.95 Å². The van der Waals surface area contributed by atoms with Gasteiger partial charge >= 0.3 is 0 Å². The van der Waals surface area contributed by atoms with Crippen LogP contribution in [0.5, 0.6) is 0 Å². The van der Waals surface area contributed by atoms with Crippen molar-refractivity contribution in [1.29, 1.82) is 0 Å². The van der Waals surface area contributed by atoms with Crippen LogP contribution in [0.15, 0.2) is 42.6 Å². The Balaban J connectivity index is 1.67. The molecule has 1 amide bonds. The van der Waals surface area contributed by atoms with Crippen LogP contribution in [0.2, 0.25) is 0 Å². The van der Waals surface area contributed by atoms with Gasteiger partial charge in [-0.05, 0) is 29.8 Å². The van der Waals surface area contributed by atoms with Crippen molar-refractivity contribution in [1.82, 2.24) is 15.3 Å². The molecule has 2 N–H and O–H groups in total. The Morgan fingerprint density at radius 3 is 2.69 bits per heavy atom. The predicted octanol–water partition coefficient (Wildman–Crippen LogP) is 4.06. The molecule has 166 valence electrons. The molecular weight excluding hydrogens is 434 g/mol. The van der Waals surface area contributed by atoms with E-state index in [1.807, 2.05) is 6.07 Å². The van der Waals surface area contributed by atoms with Gasteiger partial charge in [0.25, 0.3) is 5.91 Å². The van der Waals surface area contributed by atoms with Crippen molar-refractivity contribution in [2.75, 3.05) is 18.1 Å². The van der Waals surface area contributed by atoms with Gasteiger partial charge in [-0.15, -0.1) is 0 Å². The van der Waals surface area contributed by atoms with Crippen LogP contribution in [0.1, 0.15) is 35.3 Å². The molecule has 3 aromatic rings. The van der Waals surface area contributed by atoms with E-state index >= 15 is 0 Å². The fourth-order valence-corrected chi connectivity index (χ4v) is 4.33. The number of benzene rings is 2. The van der Waals surface area contributed by atoms with Gasteiger partial charge in [-0.3, -0.25) is 9.00 Å². The Morgan fingerprint density at radius 1 is 1.16 bits per heavy atom. The van der Waals surface area contributed by atoms with E-state index in [1.165, 1.54) is 18.5 Å². The predicted molar refractivity (Wildman–Crippen MR) is 120 cm³/mol. The summed E-state index contributed by atoms with van der Waals surface area (Å²) in [5.41, 5.74) is 2.83. The molecule has 9 heteroatoms. The molecule has 1 aliphatic rings. The zero-order chi connectivity index (χ0) is 23.0. The maximum absolute atomic E-state index is 14.3. The molecule has 1 atom stereocenters. The minimum atomic E-state index is -1.28. The summed E-state index contributed by atoms with van der Waals surface area (Å²) in [6, 6.07) is 9.27. The fourth-order valence-electron chi connectivity index (χ4n) is 3.67. The van der Waals surface area contributed by atoms with Crippen molar-refractivity contribution in [2.45, 2.75) is 25.0 Å². The molecule has 0 saturated carbocycles. The lowest BCUT2D eigenvalue weighted by Crippen LogP contribution is -2.43. The molecule has 1 aliphatic heterocycles. The molecule has 0 fully saturated rings. The number of amides is 1. The second-order valence-corrected chi connectivity index (χ2v) is 9.79. The number of aromatic nitrogens is 2. The summed E-state index contributed by atoms with van der Waals surface area (Å²) in [4.78, 5) is 20.8. The quantitative estimate of drug-likeness (QED) is 0.605. The lowest BCUT2D eigenvalue weighted by atomic mass is 9.78. The largest absolute Gasteiger partial charge is 0.351 e. The summed E-state index contributed by atoms with van der Waals surface area (Å²) in [6.45, 7) is 4.65. The van der Waals surface area contributed by atoms with Crippen molar-refractivity contribution in [3.05, 3.63) is 70.9 Å². The molecule has 2 aromatic carbocycles. The number of anilines is 2. The normalized spacial score (nSPS) is 15.6. The van der Waals surface area contributed by atoms with Gasteiger partial charge in [-0.2, -0.15) is 0 Å². The maximum atomic E-state index is 14.3. The van der Waals surface area contributed by atoms with Crippen LogP contribution in [0.3, 0.4) is 0 Å². The molecule has 0 saturated heterocycles. The Hall–Kier alpha value is -3.20. The van der Waals surface area contributed by atoms with E-state index in [1.54, 1.807) is 18.2 Å². The minimum Gasteiger partial charge on any atom is -0.351 e. The summed E-state index contributed by atoms with van der Waals surface area (Å²) in [5, 5.41) is 5.68. The molecule has 0 radical (unpaired) electrons. The van der Waals surface area contributed by atoms with Gasteiger partial charge in [-0.25, -0.2) is 18.7 Å². The summed E-state index contributed by atoms with van der Waals surface area (Å²) in [7, 11) is -1.28. The van der Waals surface area contributed by atoms with Gasteiger partial charge in [-0.1, -0.05) is 19.9 Å². The van der Waals surface area contributed by atoms with Gasteiger partial charge in [0.1, 0.15) is 11.6 Å². The Morgan fingerprint density at radius 2 is 1.94 bits per heavy atom. The van der Waals surface area contributed by atoms with Crippen LogP contribution in [-0.4, -0.2) is 32.9 Å². The highest BCUT2D eigenvalue weighted by atomic mass is 32.2. The Labute approximate surface area is 187 Å². The molecule has 1 unspecified atom stereocenters. The first-order valence-corrected chi connectivity index (χ1v) is 11.7. The molecule has 0 bridgehead atoms. The number of carbonyl (C=O) groups is 1. The second kappa shape index (κ2) is 8.38. The number of halogens is 2. The number of hydrogen-bond donors (Lipinski definition) is 2. The van der Waals surface area contributed by atoms with Crippen LogP contribution in [0, 0.1) is 11.6 Å². The molecule has 6 nitrogen and oxygen atoms in total. The highest BCUT2D eigenvalue weighted by molar-refractivity contribution is 7.83. The van der Waals surface area contributed by atoms with E-state index in [4.69, 9.17) is 0 Å². The van der Waals surface area contributed by atoms with Gasteiger partial charge in [0.15, 0.2) is 0 Å². The fraction of sp³-hybridized carbons (Fsp3) is 0.261. The van der Waals surface area contributed by atoms with Crippen LogP contribution in [0.4, 0.5) is 20.4 Å². The number of nitrogens with one attached hydrogen (secondary N) is 2. The van der Waals surface area contributed by atoms with E-state index in [9.17, 15) is 17.8 Å². The lowest BCUT2D eigenvalue weighted by Gasteiger charge is -2.32. The smallest absolute Gasteiger partial charge is 0.251 e. The summed E-state index contributed by atoms with van der Waals surface area (Å²) < 4.78 is 39.8. The van der Waals surface area contributed by atoms with E-state index in [0.29, 0.717) is 17.8 Å². The number of nitrogens with zero attached hydrogens (tertiary/aromatic N) is 2. The average Bonchev–Trinajstić information content (AvgIpc) is 2.74. The SMILES string of the molecule is CS(=O)Cc1cc(Nc2nccc(-c3ccc4c(c3)C(C)(C)CNC4=O)n2)c(F)cc1F. The van der Waals surface area contributed by atoms with Crippen molar-refractivity contribution in [3.8, 4) is 11.3 Å². The third kappa shape index (κ3) is 4.38. The molecular formula is C23H22F2N4O2S. The third-order valence-electron chi connectivity index (χ3n) is 5.38. The monoisotopic (exact) mass is 456 g/mol. The zero-order valence-corrected chi connectivity index (χ0v) is 18.6. The number of fused-ring (bicyclic) bond motifs is 1. The molecule has 1 aromatic heterocycles. The average molecular weight is 457 g/mol. The molecule has 0 aliphatic carbocycles. The van der Waals surface area contributed by atoms with Crippen LogP contribution in [0.25, 0.3) is 11.3 Å². The van der Waals surface area contributed by atoms with Crippen molar-refractivity contribution >= 4 is 28.3 Å². The van der Waals surface area contributed by atoms with Gasteiger partial charge in [0, 0.05) is 58.0 Å². The molecule has 0 spiro atoms. The number of rotatable bonds is 5. The molecule has 2 heterocycles. The first-order valence-electron chi connectivity index (χ1n) is 9.95. The zero-order valence-electron chi connectivity index (χ0n) is 17.8. The van der Waals surface area contributed by atoms with Gasteiger partial charge in [0.05, 0.1) is 17.1 Å². The van der Waals surface area contributed by atoms with E-state index < -0.39 is 22.4 Å². The van der Waals surface area contributed by atoms with Gasteiger partial charge < -0.3 is 10.6 Å². The minimum absolute atomic E-state index is 0.00718. The lowest BCUT2D eigenvalue weighted by molar-refractivity contribution is 0.0930. The highest BCUT2D eigenvalue weighted by Crippen LogP contribution is 2.33. The van der Waals surface area contributed by atoms with Crippen molar-refractivity contribution < 1.29 is 17.8 Å². The maximum Gasteiger partial charge on any atom is 0.251 e. The number of hydrogen-bond acceptors (Lipinski definition) is 5. The summed E-state index contributed by atoms with van der Waals surface area (Å²) in [5.74, 6) is -1.56. The molecule has 32 heavy (non-hydrogen) atoms. The summed E-state index contributed by atoms with van der Waals surface area (Å²) >= 11 is 0. The van der Waals surface area contributed by atoms with Crippen molar-refractivity contribution in [3.63, 3.8) is 0 Å². The van der Waals surface area contributed by atoms with E-state index in [0.717, 1.165) is 17.2 Å². The number of carbonyl (C=O) groups excluding carboxylic acids is 1. The second-order valence-electron chi connectivity index (χ2n) is 8.36. The van der Waals surface area contributed by atoms with Crippen LogP contribution < -0.4 is 10.6 Å². The topological polar surface area (TPSA) is 84.0 Å². The van der Waals surface area contributed by atoms with E-state index in [2.05, 4.69) is 34.4 Å². The highest BCUT2D eigenvalue weighted by Gasteiger charge is 2.31. The van der Waals surface area contributed by atoms with Crippen LogP contribution in [-0.2, 0) is 22.0 Å². The Kier molecular flexibility index (Phi) is 5.77. The summed E-state index contributed by atoms with van der Waals surface area (Å²) in [6.07, 6.45) is 2.98. The standard InChI is InChI=1S/C23H22F2N4O2S/c1-23(2)12-27-21(30)15-5-4-13(8-16(15)23)19-6-7-26-22(28-19)29-20-9-14(11-32(3)31)17(24)10-18(20)25/h4-10H,11-12H2,1-3H3,(H,27,30)(H,26,28,29). The van der Waals surface area contributed by atoms with Crippen LogP contribution >= 0.6 is 0 Å². The molecule has 4 rings (SSSR count). The Bertz CT molecular complexity index is 1250.